The van der Waals surface area contributed by atoms with Crippen molar-refractivity contribution in [2.75, 3.05) is 19.7 Å². The molecule has 8 heteroatoms. The summed E-state index contributed by atoms with van der Waals surface area (Å²) in [6.07, 6.45) is 7.99. The first kappa shape index (κ1) is 22.3. The van der Waals surface area contributed by atoms with Crippen molar-refractivity contribution in [1.29, 1.82) is 0 Å². The molecule has 0 unspecified atom stereocenters. The minimum atomic E-state index is -0.277. The Hall–Kier alpha value is -3.55. The lowest BCUT2D eigenvalue weighted by molar-refractivity contribution is -0.149. The molecule has 3 aromatic rings. The van der Waals surface area contributed by atoms with Crippen LogP contribution in [0.1, 0.15) is 53.4 Å². The second-order valence-electron chi connectivity index (χ2n) is 8.95. The summed E-state index contributed by atoms with van der Waals surface area (Å²) in [7, 11) is 0. The van der Waals surface area contributed by atoms with Crippen LogP contribution in [0.25, 0.3) is 17.2 Å². The van der Waals surface area contributed by atoms with Gasteiger partial charge in [-0.05, 0) is 57.1 Å². The minimum Gasteiger partial charge on any atom is -0.466 e. The van der Waals surface area contributed by atoms with Crippen molar-refractivity contribution in [3.63, 3.8) is 0 Å². The van der Waals surface area contributed by atoms with Crippen LogP contribution in [0.4, 0.5) is 0 Å². The molecule has 1 aliphatic carbocycles. The number of amides is 1. The third-order valence-electron chi connectivity index (χ3n) is 6.77. The van der Waals surface area contributed by atoms with E-state index >= 15 is 0 Å². The highest BCUT2D eigenvalue weighted by Gasteiger charge is 2.31. The zero-order chi connectivity index (χ0) is 23.7. The second-order valence-corrected chi connectivity index (χ2v) is 8.95. The van der Waals surface area contributed by atoms with Crippen LogP contribution in [0.5, 0.6) is 0 Å². The first-order valence-corrected chi connectivity index (χ1v) is 12.0. The molecule has 0 bridgehead atoms. The molecular weight excluding hydrogens is 430 g/mol. The lowest BCUT2D eigenvalue weighted by atomic mass is 9.97. The van der Waals surface area contributed by atoms with E-state index in [0.29, 0.717) is 36.9 Å². The molecule has 0 spiro atoms. The van der Waals surface area contributed by atoms with E-state index in [1.807, 2.05) is 19.2 Å². The van der Waals surface area contributed by atoms with E-state index in [0.717, 1.165) is 48.9 Å². The Morgan fingerprint density at radius 3 is 2.79 bits per heavy atom. The van der Waals surface area contributed by atoms with E-state index in [4.69, 9.17) is 9.72 Å². The first-order chi connectivity index (χ1) is 16.6. The lowest BCUT2D eigenvalue weighted by Crippen LogP contribution is -2.43. The molecule has 1 atom stereocenters. The molecule has 0 radical (unpaired) electrons. The highest BCUT2D eigenvalue weighted by atomic mass is 16.5. The number of aryl methyl sites for hydroxylation is 2. The number of carbonyl (C=O) groups excluding carboxylic acids is 2. The van der Waals surface area contributed by atoms with Gasteiger partial charge >= 0.3 is 5.97 Å². The summed E-state index contributed by atoms with van der Waals surface area (Å²) in [4.78, 5) is 36.7. The van der Waals surface area contributed by atoms with Crippen LogP contribution < -0.4 is 0 Å². The average Bonchev–Trinajstić information content (AvgIpc) is 3.15. The smallest absolute Gasteiger partial charge is 0.310 e. The van der Waals surface area contributed by atoms with Crippen molar-refractivity contribution < 1.29 is 14.3 Å². The fourth-order valence-electron chi connectivity index (χ4n) is 4.96. The fourth-order valence-corrected chi connectivity index (χ4v) is 4.96. The molecule has 1 fully saturated rings. The van der Waals surface area contributed by atoms with Crippen LogP contribution in [0.2, 0.25) is 0 Å². The predicted molar refractivity (Wildman–Crippen MR) is 127 cm³/mol. The number of aromatic nitrogens is 4. The van der Waals surface area contributed by atoms with Gasteiger partial charge in [0.2, 0.25) is 0 Å². The van der Waals surface area contributed by atoms with Gasteiger partial charge in [0.15, 0.2) is 0 Å². The zero-order valence-electron chi connectivity index (χ0n) is 19.7. The van der Waals surface area contributed by atoms with Crippen LogP contribution in [0, 0.1) is 12.8 Å². The maximum absolute atomic E-state index is 13.3. The van der Waals surface area contributed by atoms with Crippen LogP contribution in [0.3, 0.4) is 0 Å². The van der Waals surface area contributed by atoms with Gasteiger partial charge in [0, 0.05) is 24.8 Å². The van der Waals surface area contributed by atoms with Crippen LogP contribution in [-0.2, 0) is 22.4 Å². The van der Waals surface area contributed by atoms with Crippen molar-refractivity contribution in [2.24, 2.45) is 5.92 Å². The average molecular weight is 460 g/mol. The van der Waals surface area contributed by atoms with Gasteiger partial charge in [0.05, 0.1) is 35.7 Å². The number of likely N-dealkylation sites (tertiary alicyclic amines) is 1. The normalized spacial score (nSPS) is 17.5. The number of nitrogens with zero attached hydrogens (tertiary/aromatic N) is 5. The Morgan fingerprint density at radius 2 is 1.94 bits per heavy atom. The molecule has 176 valence electrons. The van der Waals surface area contributed by atoms with Crippen molar-refractivity contribution in [3.05, 3.63) is 59.0 Å². The first-order valence-electron chi connectivity index (χ1n) is 12.0. The van der Waals surface area contributed by atoms with E-state index in [2.05, 4.69) is 28.3 Å². The number of rotatable bonds is 4. The molecule has 5 rings (SSSR count). The van der Waals surface area contributed by atoms with E-state index in [1.54, 1.807) is 22.7 Å². The molecule has 3 heterocycles. The number of hydrogen-bond donors (Lipinski definition) is 0. The largest absolute Gasteiger partial charge is 0.466 e. The SMILES string of the molecule is CCOC(=O)[C@H]1CCCN(C(=O)c2cnn(-c3ncc4c(n3)-c3ccccc3CCC4)c2C)C1. The Labute approximate surface area is 199 Å². The van der Waals surface area contributed by atoms with Gasteiger partial charge in [0.1, 0.15) is 0 Å². The summed E-state index contributed by atoms with van der Waals surface area (Å²) in [5.74, 6) is -0.181. The van der Waals surface area contributed by atoms with Crippen molar-refractivity contribution in [1.82, 2.24) is 24.6 Å². The summed E-state index contributed by atoms with van der Waals surface area (Å²) in [5.41, 5.74) is 5.69. The quantitative estimate of drug-likeness (QED) is 0.555. The van der Waals surface area contributed by atoms with E-state index < -0.39 is 0 Å². The molecule has 0 saturated carbocycles. The predicted octanol–water partition coefficient (Wildman–Crippen LogP) is 3.54. The number of ether oxygens (including phenoxy) is 1. The topological polar surface area (TPSA) is 90.2 Å². The number of carbonyl (C=O) groups is 2. The Bertz CT molecular complexity index is 1230. The molecule has 2 aliphatic rings. The summed E-state index contributed by atoms with van der Waals surface area (Å²) in [6.45, 7) is 4.99. The number of fused-ring (bicyclic) bond motifs is 3. The van der Waals surface area contributed by atoms with Crippen molar-refractivity contribution in [3.8, 4) is 17.2 Å². The Kier molecular flexibility index (Phi) is 6.13. The van der Waals surface area contributed by atoms with E-state index in [-0.39, 0.29) is 17.8 Å². The van der Waals surface area contributed by atoms with Gasteiger partial charge < -0.3 is 9.64 Å². The Balaban J connectivity index is 1.43. The molecule has 1 aliphatic heterocycles. The molecular formula is C26H29N5O3. The minimum absolute atomic E-state index is 0.127. The zero-order valence-corrected chi connectivity index (χ0v) is 19.7. The van der Waals surface area contributed by atoms with Crippen molar-refractivity contribution >= 4 is 11.9 Å². The van der Waals surface area contributed by atoms with Gasteiger partial charge in [-0.2, -0.15) is 5.10 Å². The number of piperidine rings is 1. The maximum atomic E-state index is 13.3. The molecule has 8 nitrogen and oxygen atoms in total. The van der Waals surface area contributed by atoms with Crippen LogP contribution >= 0.6 is 0 Å². The molecule has 0 N–H and O–H groups in total. The standard InChI is InChI=1S/C26H29N5O3/c1-3-34-25(33)20-11-7-13-30(16-20)24(32)22-15-28-31(17(22)2)26-27-14-19-10-6-9-18-8-4-5-12-21(18)23(19)29-26/h4-5,8,12,14-15,20H,3,6-7,9-11,13,16H2,1-2H3/t20-/m0/s1. The second kappa shape index (κ2) is 9.37. The fraction of sp³-hybridized carbons (Fsp3) is 0.423. The summed E-state index contributed by atoms with van der Waals surface area (Å²) in [6, 6.07) is 8.37. The Morgan fingerprint density at radius 1 is 1.12 bits per heavy atom. The van der Waals surface area contributed by atoms with Gasteiger partial charge in [-0.25, -0.2) is 14.6 Å². The highest BCUT2D eigenvalue weighted by molar-refractivity contribution is 5.95. The summed E-state index contributed by atoms with van der Waals surface area (Å²) < 4.78 is 6.80. The highest BCUT2D eigenvalue weighted by Crippen LogP contribution is 2.31. The van der Waals surface area contributed by atoms with E-state index in [9.17, 15) is 9.59 Å². The number of benzene rings is 1. The third kappa shape index (κ3) is 4.08. The van der Waals surface area contributed by atoms with Crippen LogP contribution in [-0.4, -0.2) is 56.2 Å². The van der Waals surface area contributed by atoms with Gasteiger partial charge in [-0.15, -0.1) is 0 Å². The summed E-state index contributed by atoms with van der Waals surface area (Å²) >= 11 is 0. The van der Waals surface area contributed by atoms with Gasteiger partial charge in [-0.1, -0.05) is 24.3 Å². The lowest BCUT2D eigenvalue weighted by Gasteiger charge is -2.31. The van der Waals surface area contributed by atoms with Gasteiger partial charge in [-0.3, -0.25) is 9.59 Å². The summed E-state index contributed by atoms with van der Waals surface area (Å²) in [5, 5.41) is 4.47. The van der Waals surface area contributed by atoms with Crippen LogP contribution in [0.15, 0.2) is 36.7 Å². The monoisotopic (exact) mass is 459 g/mol. The van der Waals surface area contributed by atoms with E-state index in [1.165, 1.54) is 5.56 Å². The van der Waals surface area contributed by atoms with Crippen molar-refractivity contribution in [2.45, 2.75) is 46.0 Å². The molecule has 1 amide bonds. The molecule has 34 heavy (non-hydrogen) atoms. The third-order valence-corrected chi connectivity index (χ3v) is 6.77. The number of hydrogen-bond acceptors (Lipinski definition) is 6. The van der Waals surface area contributed by atoms with Gasteiger partial charge in [0.25, 0.3) is 11.9 Å². The molecule has 2 aromatic heterocycles. The molecule has 1 saturated heterocycles. The molecule has 1 aromatic carbocycles. The maximum Gasteiger partial charge on any atom is 0.310 e. The number of esters is 1.